The van der Waals surface area contributed by atoms with Crippen molar-refractivity contribution in [2.75, 3.05) is 13.2 Å². The van der Waals surface area contributed by atoms with Crippen molar-refractivity contribution >= 4 is 0 Å². The fraction of sp³-hybridized carbons (Fsp3) is 0.600. The lowest BCUT2D eigenvalue weighted by Crippen LogP contribution is -2.48. The maximum Gasteiger partial charge on any atom is 0.0643 e. The molecule has 1 N–H and O–H groups in total. The van der Waals surface area contributed by atoms with Gasteiger partial charge in [0.15, 0.2) is 0 Å². The highest BCUT2D eigenvalue weighted by Gasteiger charge is 2.57. The fourth-order valence-electron chi connectivity index (χ4n) is 3.67. The molecule has 0 amide bonds. The third kappa shape index (κ3) is 1.47. The van der Waals surface area contributed by atoms with Gasteiger partial charge in [0.05, 0.1) is 19.3 Å². The van der Waals surface area contributed by atoms with Gasteiger partial charge < -0.3 is 10.1 Å². The molecular weight excluding hydrogens is 210 g/mol. The summed E-state index contributed by atoms with van der Waals surface area (Å²) >= 11 is 0. The van der Waals surface area contributed by atoms with E-state index in [9.17, 15) is 0 Å². The molecule has 1 aliphatic heterocycles. The summed E-state index contributed by atoms with van der Waals surface area (Å²) in [6, 6.07) is 10.4. The smallest absolute Gasteiger partial charge is 0.0643 e. The lowest BCUT2D eigenvalue weighted by atomic mass is 9.79. The number of fused-ring (bicyclic) bond motifs is 2. The Hall–Kier alpha value is -0.860. The highest BCUT2D eigenvalue weighted by molar-refractivity contribution is 5.44. The molecule has 2 nitrogen and oxygen atoms in total. The van der Waals surface area contributed by atoms with E-state index in [2.05, 4.69) is 29.6 Å². The van der Waals surface area contributed by atoms with Crippen LogP contribution in [0.1, 0.15) is 30.4 Å². The Labute approximate surface area is 102 Å². The van der Waals surface area contributed by atoms with E-state index in [1.165, 1.54) is 25.7 Å². The Morgan fingerprint density at radius 3 is 2.94 bits per heavy atom. The number of hydrogen-bond acceptors (Lipinski definition) is 2. The number of ether oxygens (including phenoxy) is 1. The lowest BCUT2D eigenvalue weighted by Gasteiger charge is -2.31. The minimum atomic E-state index is 0.477. The lowest BCUT2D eigenvalue weighted by molar-refractivity contribution is -0.00678. The van der Waals surface area contributed by atoms with Gasteiger partial charge in [-0.15, -0.1) is 0 Å². The maximum absolute atomic E-state index is 5.25. The van der Waals surface area contributed by atoms with Crippen LogP contribution in [0.3, 0.4) is 0 Å². The van der Waals surface area contributed by atoms with Crippen LogP contribution in [0.2, 0.25) is 0 Å². The first-order chi connectivity index (χ1) is 8.38. The fourth-order valence-corrected chi connectivity index (χ4v) is 3.67. The van der Waals surface area contributed by atoms with Crippen LogP contribution in [0, 0.1) is 0 Å². The molecule has 1 saturated carbocycles. The number of rotatable bonds is 2. The van der Waals surface area contributed by atoms with Crippen molar-refractivity contribution in [3.05, 3.63) is 35.4 Å². The zero-order valence-electron chi connectivity index (χ0n) is 10.1. The van der Waals surface area contributed by atoms with Crippen LogP contribution in [0.15, 0.2) is 24.3 Å². The van der Waals surface area contributed by atoms with Gasteiger partial charge in [-0.1, -0.05) is 24.3 Å². The van der Waals surface area contributed by atoms with E-state index in [-0.39, 0.29) is 0 Å². The second-order valence-corrected chi connectivity index (χ2v) is 5.82. The van der Waals surface area contributed by atoms with E-state index in [1.54, 1.807) is 11.1 Å². The molecule has 17 heavy (non-hydrogen) atoms. The molecule has 2 heteroatoms. The maximum atomic E-state index is 5.25. The minimum Gasteiger partial charge on any atom is -0.378 e. The van der Waals surface area contributed by atoms with Gasteiger partial charge in [0.1, 0.15) is 0 Å². The molecule has 0 bridgehead atoms. The topological polar surface area (TPSA) is 21.3 Å². The van der Waals surface area contributed by atoms with Crippen molar-refractivity contribution in [3.8, 4) is 0 Å². The van der Waals surface area contributed by atoms with Gasteiger partial charge in [-0.3, -0.25) is 0 Å². The highest BCUT2D eigenvalue weighted by atomic mass is 16.5. The molecule has 2 aliphatic carbocycles. The van der Waals surface area contributed by atoms with Gasteiger partial charge in [0.2, 0.25) is 0 Å². The van der Waals surface area contributed by atoms with Crippen molar-refractivity contribution in [1.82, 2.24) is 5.32 Å². The average molecular weight is 229 g/mol. The standard InChI is InChI=1S/C15H19NO/c1-2-6-13-11(4-1)5-3-7-15(13)8-14(15)16-12-9-17-10-12/h1-2,4,6,12,14,16H,3,5,7-10H2. The van der Waals surface area contributed by atoms with Crippen molar-refractivity contribution in [2.45, 2.75) is 43.2 Å². The van der Waals surface area contributed by atoms with E-state index in [1.807, 2.05) is 0 Å². The van der Waals surface area contributed by atoms with E-state index in [0.29, 0.717) is 17.5 Å². The van der Waals surface area contributed by atoms with Crippen molar-refractivity contribution in [2.24, 2.45) is 0 Å². The van der Waals surface area contributed by atoms with E-state index >= 15 is 0 Å². The zero-order valence-corrected chi connectivity index (χ0v) is 10.1. The van der Waals surface area contributed by atoms with Crippen LogP contribution in [0.25, 0.3) is 0 Å². The molecule has 2 atom stereocenters. The van der Waals surface area contributed by atoms with Gasteiger partial charge in [-0.25, -0.2) is 0 Å². The Balaban J connectivity index is 1.59. The van der Waals surface area contributed by atoms with Gasteiger partial charge >= 0.3 is 0 Å². The van der Waals surface area contributed by atoms with Gasteiger partial charge in [-0.05, 0) is 36.8 Å². The summed E-state index contributed by atoms with van der Waals surface area (Å²) in [5.74, 6) is 0. The van der Waals surface area contributed by atoms with E-state index < -0.39 is 0 Å². The first kappa shape index (κ1) is 10.1. The molecule has 90 valence electrons. The van der Waals surface area contributed by atoms with Crippen LogP contribution in [-0.2, 0) is 16.6 Å². The summed E-state index contributed by atoms with van der Waals surface area (Å²) in [6.07, 6.45) is 5.34. The molecule has 3 aliphatic rings. The zero-order chi connectivity index (χ0) is 11.3. The van der Waals surface area contributed by atoms with Crippen LogP contribution in [0.5, 0.6) is 0 Å². The van der Waals surface area contributed by atoms with Crippen LogP contribution in [0.4, 0.5) is 0 Å². The Bertz CT molecular complexity index is 440. The summed E-state index contributed by atoms with van der Waals surface area (Å²) in [6.45, 7) is 1.82. The second-order valence-electron chi connectivity index (χ2n) is 5.82. The van der Waals surface area contributed by atoms with Crippen molar-refractivity contribution in [1.29, 1.82) is 0 Å². The van der Waals surface area contributed by atoms with Crippen molar-refractivity contribution < 1.29 is 4.74 Å². The Morgan fingerprint density at radius 2 is 2.12 bits per heavy atom. The SMILES string of the molecule is c1ccc2c(c1)CCCC21CC1NC1COC1. The van der Waals surface area contributed by atoms with Gasteiger partial charge in [0.25, 0.3) is 0 Å². The van der Waals surface area contributed by atoms with Crippen LogP contribution < -0.4 is 5.32 Å². The molecule has 1 aromatic rings. The van der Waals surface area contributed by atoms with Gasteiger partial charge in [0, 0.05) is 11.5 Å². The third-order valence-electron chi connectivity index (χ3n) is 4.77. The second kappa shape index (κ2) is 3.56. The largest absolute Gasteiger partial charge is 0.378 e. The van der Waals surface area contributed by atoms with E-state index in [0.717, 1.165) is 13.2 Å². The van der Waals surface area contributed by atoms with E-state index in [4.69, 9.17) is 4.74 Å². The molecule has 4 rings (SSSR count). The number of aryl methyl sites for hydroxylation is 1. The molecular formula is C15H19NO. The summed E-state index contributed by atoms with van der Waals surface area (Å²) in [5, 5.41) is 3.77. The monoisotopic (exact) mass is 229 g/mol. The summed E-state index contributed by atoms with van der Waals surface area (Å²) in [4.78, 5) is 0. The molecule has 1 spiro atoms. The quantitative estimate of drug-likeness (QED) is 0.837. The number of nitrogens with one attached hydrogen (secondary N) is 1. The molecule has 1 heterocycles. The molecule has 0 radical (unpaired) electrons. The predicted octanol–water partition coefficient (Wildman–Crippen LogP) is 2.02. The Kier molecular flexibility index (Phi) is 2.12. The third-order valence-corrected chi connectivity index (χ3v) is 4.77. The number of benzene rings is 1. The molecule has 0 aromatic heterocycles. The summed E-state index contributed by atoms with van der Waals surface area (Å²) < 4.78 is 5.25. The number of hydrogen-bond donors (Lipinski definition) is 1. The molecule has 2 unspecified atom stereocenters. The summed E-state index contributed by atoms with van der Waals surface area (Å²) in [7, 11) is 0. The first-order valence-corrected chi connectivity index (χ1v) is 6.81. The predicted molar refractivity (Wildman–Crippen MR) is 67.2 cm³/mol. The minimum absolute atomic E-state index is 0.477. The van der Waals surface area contributed by atoms with Crippen molar-refractivity contribution in [3.63, 3.8) is 0 Å². The Morgan fingerprint density at radius 1 is 1.24 bits per heavy atom. The first-order valence-electron chi connectivity index (χ1n) is 6.81. The highest BCUT2D eigenvalue weighted by Crippen LogP contribution is 2.55. The normalized spacial score (nSPS) is 35.4. The molecule has 1 saturated heterocycles. The van der Waals surface area contributed by atoms with Gasteiger partial charge in [-0.2, -0.15) is 0 Å². The summed E-state index contributed by atoms with van der Waals surface area (Å²) in [5.41, 5.74) is 3.70. The molecule has 1 aromatic carbocycles. The average Bonchev–Trinajstić information content (AvgIpc) is 2.99. The van der Waals surface area contributed by atoms with Crippen LogP contribution in [-0.4, -0.2) is 25.3 Å². The van der Waals surface area contributed by atoms with Crippen LogP contribution >= 0.6 is 0 Å². The molecule has 2 fully saturated rings.